The lowest BCUT2D eigenvalue weighted by molar-refractivity contribution is -0.137. The summed E-state index contributed by atoms with van der Waals surface area (Å²) in [6, 6.07) is 7.42. The van der Waals surface area contributed by atoms with E-state index in [0.717, 1.165) is 0 Å². The van der Waals surface area contributed by atoms with Gasteiger partial charge in [-0.05, 0) is 31.2 Å². The molecule has 1 heterocycles. The summed E-state index contributed by atoms with van der Waals surface area (Å²) in [6.07, 6.45) is 1.31. The molecule has 1 aromatic heterocycles. The van der Waals surface area contributed by atoms with Gasteiger partial charge in [-0.3, -0.25) is 9.78 Å². The number of nitrogens with one attached hydrogen (secondary N) is 1. The summed E-state index contributed by atoms with van der Waals surface area (Å²) < 4.78 is 27.0. The van der Waals surface area contributed by atoms with E-state index in [1.54, 1.807) is 30.5 Å². The van der Waals surface area contributed by atoms with Crippen LogP contribution in [0.3, 0.4) is 0 Å². The van der Waals surface area contributed by atoms with E-state index in [0.29, 0.717) is 10.9 Å². The van der Waals surface area contributed by atoms with Crippen LogP contribution in [0.2, 0.25) is 0 Å². The van der Waals surface area contributed by atoms with E-state index in [-0.39, 0.29) is 11.3 Å². The number of carboxylic acid groups (broad SMARTS) is 1. The van der Waals surface area contributed by atoms with Gasteiger partial charge >= 0.3 is 5.97 Å². The highest BCUT2D eigenvalue weighted by Crippen LogP contribution is 2.21. The molecule has 0 amide bonds. The van der Waals surface area contributed by atoms with Crippen LogP contribution in [-0.2, 0) is 14.8 Å². The van der Waals surface area contributed by atoms with Gasteiger partial charge in [0.25, 0.3) is 0 Å². The molecule has 0 saturated heterocycles. The highest BCUT2D eigenvalue weighted by atomic mass is 32.2. The molecule has 0 aliphatic heterocycles. The number of aliphatic carboxylic acids is 1. The Morgan fingerprint density at radius 1 is 1.35 bits per heavy atom. The van der Waals surface area contributed by atoms with Crippen molar-refractivity contribution in [3.05, 3.63) is 36.5 Å². The molecule has 1 unspecified atom stereocenters. The third-order valence-corrected chi connectivity index (χ3v) is 4.38. The number of pyridine rings is 1. The number of rotatable bonds is 5. The smallest absolute Gasteiger partial charge is 0.304 e. The lowest BCUT2D eigenvalue weighted by Gasteiger charge is -2.13. The Morgan fingerprint density at radius 3 is 2.80 bits per heavy atom. The van der Waals surface area contributed by atoms with Gasteiger partial charge in [0.05, 0.1) is 16.8 Å². The van der Waals surface area contributed by atoms with E-state index in [2.05, 4.69) is 9.71 Å². The molecule has 0 fully saturated rings. The molecule has 0 spiro atoms. The Hall–Kier alpha value is -1.99. The van der Waals surface area contributed by atoms with E-state index >= 15 is 0 Å². The first-order chi connectivity index (χ1) is 9.40. The molecule has 0 saturated carbocycles. The maximum Gasteiger partial charge on any atom is 0.304 e. The monoisotopic (exact) mass is 294 g/mol. The summed E-state index contributed by atoms with van der Waals surface area (Å²) in [4.78, 5) is 14.8. The molecule has 7 heteroatoms. The molecular weight excluding hydrogens is 280 g/mol. The van der Waals surface area contributed by atoms with E-state index in [4.69, 9.17) is 5.11 Å². The van der Waals surface area contributed by atoms with Crippen molar-refractivity contribution in [2.75, 3.05) is 0 Å². The molecule has 1 aromatic carbocycles. The fraction of sp³-hybridized carbons (Fsp3) is 0.231. The molecular formula is C13H14N2O4S. The summed E-state index contributed by atoms with van der Waals surface area (Å²) in [6.45, 7) is 1.51. The van der Waals surface area contributed by atoms with Crippen LogP contribution in [0.1, 0.15) is 13.3 Å². The van der Waals surface area contributed by atoms with Crippen LogP contribution in [0.25, 0.3) is 10.9 Å². The maximum atomic E-state index is 12.3. The molecule has 1 atom stereocenters. The van der Waals surface area contributed by atoms with Crippen LogP contribution in [0.4, 0.5) is 0 Å². The molecule has 0 radical (unpaired) electrons. The summed E-state index contributed by atoms with van der Waals surface area (Å²) in [5, 5.41) is 9.18. The number of sulfonamides is 1. The van der Waals surface area contributed by atoms with Crippen molar-refractivity contribution in [3.8, 4) is 0 Å². The zero-order chi connectivity index (χ0) is 14.8. The lowest BCUT2D eigenvalue weighted by Crippen LogP contribution is -2.34. The summed E-state index contributed by atoms with van der Waals surface area (Å²) >= 11 is 0. The normalized spacial score (nSPS) is 13.2. The third kappa shape index (κ3) is 3.12. The number of hydrogen-bond donors (Lipinski definition) is 2. The molecule has 20 heavy (non-hydrogen) atoms. The van der Waals surface area contributed by atoms with E-state index in [9.17, 15) is 13.2 Å². The maximum absolute atomic E-state index is 12.3. The fourth-order valence-electron chi connectivity index (χ4n) is 1.94. The van der Waals surface area contributed by atoms with Crippen LogP contribution in [0.5, 0.6) is 0 Å². The Morgan fingerprint density at radius 2 is 2.10 bits per heavy atom. The van der Waals surface area contributed by atoms with Crippen LogP contribution in [0.15, 0.2) is 41.4 Å². The fourth-order valence-corrected chi connectivity index (χ4v) is 3.40. The van der Waals surface area contributed by atoms with Crippen molar-refractivity contribution in [3.63, 3.8) is 0 Å². The Labute approximate surface area is 116 Å². The van der Waals surface area contributed by atoms with E-state index in [1.807, 2.05) is 0 Å². The van der Waals surface area contributed by atoms with E-state index in [1.165, 1.54) is 13.0 Å². The number of fused-ring (bicyclic) bond motifs is 1. The highest BCUT2D eigenvalue weighted by molar-refractivity contribution is 7.89. The van der Waals surface area contributed by atoms with Gasteiger partial charge in [0.1, 0.15) is 0 Å². The molecule has 0 aliphatic carbocycles. The zero-order valence-corrected chi connectivity index (χ0v) is 11.6. The molecule has 2 rings (SSSR count). The van der Waals surface area contributed by atoms with Crippen molar-refractivity contribution < 1.29 is 18.3 Å². The Kier molecular flexibility index (Phi) is 4.01. The average Bonchev–Trinajstić information content (AvgIpc) is 2.36. The molecule has 2 N–H and O–H groups in total. The molecule has 0 aliphatic rings. The van der Waals surface area contributed by atoms with Crippen molar-refractivity contribution in [2.45, 2.75) is 24.3 Å². The number of carboxylic acids is 1. The summed E-state index contributed by atoms with van der Waals surface area (Å²) in [5.74, 6) is -1.06. The molecule has 0 bridgehead atoms. The highest BCUT2D eigenvalue weighted by Gasteiger charge is 2.21. The van der Waals surface area contributed by atoms with Gasteiger partial charge in [0.2, 0.25) is 10.0 Å². The van der Waals surface area contributed by atoms with Crippen molar-refractivity contribution >= 4 is 26.9 Å². The Balaban J connectivity index is 2.39. The van der Waals surface area contributed by atoms with Crippen LogP contribution in [0, 0.1) is 0 Å². The van der Waals surface area contributed by atoms with Gasteiger partial charge in [0.15, 0.2) is 0 Å². The van der Waals surface area contributed by atoms with Gasteiger partial charge in [-0.2, -0.15) is 0 Å². The third-order valence-electron chi connectivity index (χ3n) is 2.73. The SMILES string of the molecule is CC(CC(=O)O)NS(=O)(=O)c1cccc2ncccc12. The average molecular weight is 294 g/mol. The van der Waals surface area contributed by atoms with Gasteiger partial charge in [0, 0.05) is 17.6 Å². The number of hydrogen-bond acceptors (Lipinski definition) is 4. The second-order valence-electron chi connectivity index (χ2n) is 4.45. The minimum absolute atomic E-state index is 0.0975. The largest absolute Gasteiger partial charge is 0.481 e. The van der Waals surface area contributed by atoms with Crippen LogP contribution < -0.4 is 4.72 Å². The Bertz CT molecular complexity index is 738. The second-order valence-corrected chi connectivity index (χ2v) is 6.13. The molecule has 2 aromatic rings. The summed E-state index contributed by atoms with van der Waals surface area (Å²) in [5.41, 5.74) is 0.571. The van der Waals surface area contributed by atoms with Gasteiger partial charge in [-0.15, -0.1) is 0 Å². The summed E-state index contributed by atoms with van der Waals surface area (Å²) in [7, 11) is -3.79. The molecule has 106 valence electrons. The van der Waals surface area contributed by atoms with E-state index < -0.39 is 22.0 Å². The van der Waals surface area contributed by atoms with Gasteiger partial charge in [-0.25, -0.2) is 13.1 Å². The quantitative estimate of drug-likeness (QED) is 0.868. The standard InChI is InChI=1S/C13H14N2O4S/c1-9(8-13(16)17)15-20(18,19)12-6-2-5-11-10(12)4-3-7-14-11/h2-7,9,15H,8H2,1H3,(H,16,17). The predicted molar refractivity (Wildman–Crippen MR) is 73.8 cm³/mol. The number of benzene rings is 1. The zero-order valence-electron chi connectivity index (χ0n) is 10.8. The van der Waals surface area contributed by atoms with Crippen molar-refractivity contribution in [1.82, 2.24) is 9.71 Å². The van der Waals surface area contributed by atoms with Gasteiger partial charge in [-0.1, -0.05) is 6.07 Å². The first-order valence-corrected chi connectivity index (χ1v) is 7.46. The number of nitrogens with zero attached hydrogens (tertiary/aromatic N) is 1. The molecule has 6 nitrogen and oxygen atoms in total. The second kappa shape index (κ2) is 5.56. The number of carbonyl (C=O) groups is 1. The number of aromatic nitrogens is 1. The van der Waals surface area contributed by atoms with Gasteiger partial charge < -0.3 is 5.11 Å². The van der Waals surface area contributed by atoms with Crippen LogP contribution >= 0.6 is 0 Å². The van der Waals surface area contributed by atoms with Crippen LogP contribution in [-0.4, -0.2) is 30.5 Å². The minimum Gasteiger partial charge on any atom is -0.481 e. The first-order valence-electron chi connectivity index (χ1n) is 5.98. The predicted octanol–water partition coefficient (Wildman–Crippen LogP) is 1.38. The van der Waals surface area contributed by atoms with Crippen molar-refractivity contribution in [2.24, 2.45) is 0 Å². The first kappa shape index (κ1) is 14.4. The lowest BCUT2D eigenvalue weighted by atomic mass is 10.2. The topological polar surface area (TPSA) is 96.4 Å². The van der Waals surface area contributed by atoms with Crippen molar-refractivity contribution in [1.29, 1.82) is 0 Å². The minimum atomic E-state index is -3.79.